The van der Waals surface area contributed by atoms with Crippen LogP contribution in [0.25, 0.3) is 39.4 Å². The minimum absolute atomic E-state index is 0.00402. The Morgan fingerprint density at radius 3 is 2.27 bits per heavy atom. The van der Waals surface area contributed by atoms with Crippen LogP contribution in [0.1, 0.15) is 44.9 Å². The molecule has 0 spiro atoms. The van der Waals surface area contributed by atoms with Gasteiger partial charge in [0.2, 0.25) is 17.4 Å². The van der Waals surface area contributed by atoms with Crippen LogP contribution in [0.4, 0.5) is 5.69 Å². The number of carbonyl (C=O) groups excluding carboxylic acids is 1. The molecular weight excluding hydrogens is 677 g/mol. The number of ether oxygens (including phenoxy) is 1. The first kappa shape index (κ1) is 36.6. The number of allylic oxidation sites excluding steroid dienone is 2. The highest BCUT2D eigenvalue weighted by Gasteiger charge is 2.29. The third-order valence-electron chi connectivity index (χ3n) is 9.03. The van der Waals surface area contributed by atoms with Gasteiger partial charge in [-0.1, -0.05) is 79.7 Å². The van der Waals surface area contributed by atoms with Gasteiger partial charge in [0.1, 0.15) is 0 Å². The highest BCUT2D eigenvalue weighted by molar-refractivity contribution is 7.85. The summed E-state index contributed by atoms with van der Waals surface area (Å²) in [7, 11) is -4.23. The van der Waals surface area contributed by atoms with Crippen molar-refractivity contribution in [3.8, 4) is 28.0 Å². The summed E-state index contributed by atoms with van der Waals surface area (Å²) in [6.45, 7) is 3.63. The normalized spacial score (nSPS) is 13.8. The number of nitrogens with two attached hydrogens (primary N) is 1. The van der Waals surface area contributed by atoms with Gasteiger partial charge in [0.15, 0.2) is 12.3 Å². The zero-order valence-electron chi connectivity index (χ0n) is 29.3. The SMILES string of the molecule is CCC(=Cc1oc2ccc(-c3ccccc3)cc2[n+]1CCCCCC(=O)NCCN)C=C1Oc2ccc(-c3ccccc3)cc2N1CCS(=O)(=O)O. The molecule has 0 bridgehead atoms. The number of anilines is 1. The van der Waals surface area contributed by atoms with Gasteiger partial charge in [-0.25, -0.2) is 0 Å². The second kappa shape index (κ2) is 16.9. The van der Waals surface area contributed by atoms with E-state index in [1.807, 2.05) is 91.9 Å². The molecule has 270 valence electrons. The van der Waals surface area contributed by atoms with Crippen molar-refractivity contribution >= 4 is 38.9 Å². The molecule has 4 N–H and O–H groups in total. The maximum Gasteiger partial charge on any atom is 0.374 e. The number of nitrogens with zero attached hydrogens (tertiary/aromatic N) is 2. The van der Waals surface area contributed by atoms with Crippen LogP contribution < -0.4 is 25.3 Å². The Hall–Kier alpha value is -5.23. The van der Waals surface area contributed by atoms with Crippen molar-refractivity contribution in [3.05, 3.63) is 120 Å². The molecule has 0 unspecified atom stereocenters. The summed E-state index contributed by atoms with van der Waals surface area (Å²) in [6.07, 6.45) is 7.46. The average molecular weight is 722 g/mol. The highest BCUT2D eigenvalue weighted by atomic mass is 32.2. The number of hydrogen-bond donors (Lipinski definition) is 3. The van der Waals surface area contributed by atoms with Gasteiger partial charge in [0.05, 0.1) is 17.5 Å². The lowest BCUT2D eigenvalue weighted by molar-refractivity contribution is -0.678. The molecule has 1 amide bonds. The van der Waals surface area contributed by atoms with E-state index in [-0.39, 0.29) is 12.5 Å². The molecule has 0 fully saturated rings. The minimum Gasteiger partial charge on any atom is -0.439 e. The lowest BCUT2D eigenvalue weighted by Gasteiger charge is -2.18. The molecule has 5 aromatic rings. The summed E-state index contributed by atoms with van der Waals surface area (Å²) >= 11 is 0. The van der Waals surface area contributed by atoms with Crippen LogP contribution in [0.5, 0.6) is 5.75 Å². The minimum atomic E-state index is -4.23. The number of carbonyl (C=O) groups is 1. The maximum atomic E-state index is 12.1. The molecule has 52 heavy (non-hydrogen) atoms. The Morgan fingerprint density at radius 1 is 0.904 bits per heavy atom. The summed E-state index contributed by atoms with van der Waals surface area (Å²) in [4.78, 5) is 13.9. The maximum absolute atomic E-state index is 12.1. The molecular formula is C41H45N4O6S+. The van der Waals surface area contributed by atoms with Crippen molar-refractivity contribution in [1.29, 1.82) is 0 Å². The second-order valence-corrected chi connectivity index (χ2v) is 14.3. The number of benzene rings is 4. The van der Waals surface area contributed by atoms with Crippen LogP contribution in [-0.2, 0) is 21.5 Å². The van der Waals surface area contributed by atoms with E-state index in [9.17, 15) is 17.8 Å². The summed E-state index contributed by atoms with van der Waals surface area (Å²) in [5.41, 5.74) is 13.0. The van der Waals surface area contributed by atoms with E-state index in [0.29, 0.717) is 50.0 Å². The molecule has 4 aromatic carbocycles. The Morgan fingerprint density at radius 2 is 1.60 bits per heavy atom. The molecule has 0 atom stereocenters. The standard InChI is InChI=1S/C41H44N4O6S/c1-2-30(27-41-45(24-25-52(47,48)49)36-29-34(18-20-38(36)51-41)32-14-8-4-9-15-32)26-40-44(23-11-5-10-16-39(46)43-22-21-42)35-28-33(17-19-37(35)50-40)31-12-6-3-7-13-31/h3-4,6-9,12-15,17-20,26-29H,2,5,10-11,16,21-25,42H2,1H3,(H-,43,46,47,48,49)/p+1. The molecule has 1 aliphatic heterocycles. The molecule has 10 nitrogen and oxygen atoms in total. The fourth-order valence-corrected chi connectivity index (χ4v) is 6.71. The third-order valence-corrected chi connectivity index (χ3v) is 9.72. The van der Waals surface area contributed by atoms with Gasteiger partial charge in [0, 0.05) is 44.6 Å². The van der Waals surface area contributed by atoms with Crippen molar-refractivity contribution in [1.82, 2.24) is 5.32 Å². The fourth-order valence-electron chi connectivity index (χ4n) is 6.30. The van der Waals surface area contributed by atoms with Crippen molar-refractivity contribution in [2.24, 2.45) is 5.73 Å². The lowest BCUT2D eigenvalue weighted by atomic mass is 10.0. The predicted molar refractivity (Wildman–Crippen MR) is 205 cm³/mol. The Kier molecular flexibility index (Phi) is 11.9. The Bertz CT molecular complexity index is 2180. The van der Waals surface area contributed by atoms with Crippen LogP contribution in [0, 0.1) is 0 Å². The third kappa shape index (κ3) is 9.16. The summed E-state index contributed by atoms with van der Waals surface area (Å²) in [5.74, 6) is 1.28. The van der Waals surface area contributed by atoms with Gasteiger partial charge in [-0.15, -0.1) is 0 Å². The number of hydrogen-bond acceptors (Lipinski definition) is 7. The number of nitrogens with one attached hydrogen (secondary N) is 1. The van der Waals surface area contributed by atoms with Crippen molar-refractivity contribution in [3.63, 3.8) is 0 Å². The Labute approximate surface area is 305 Å². The van der Waals surface area contributed by atoms with Crippen LogP contribution in [0.15, 0.2) is 119 Å². The largest absolute Gasteiger partial charge is 0.439 e. The second-order valence-electron chi connectivity index (χ2n) is 12.7. The molecule has 1 aliphatic rings. The molecule has 0 radical (unpaired) electrons. The van der Waals surface area contributed by atoms with Gasteiger partial charge in [-0.05, 0) is 65.3 Å². The predicted octanol–water partition coefficient (Wildman–Crippen LogP) is 7.11. The van der Waals surface area contributed by atoms with Crippen LogP contribution in [0.2, 0.25) is 0 Å². The van der Waals surface area contributed by atoms with E-state index in [2.05, 4.69) is 34.1 Å². The topological polar surface area (TPSA) is 139 Å². The van der Waals surface area contributed by atoms with Crippen LogP contribution >= 0.6 is 0 Å². The number of fused-ring (bicyclic) bond motifs is 2. The highest BCUT2D eigenvalue weighted by Crippen LogP contribution is 2.42. The molecule has 6 rings (SSSR count). The van der Waals surface area contributed by atoms with Gasteiger partial charge < -0.3 is 25.1 Å². The van der Waals surface area contributed by atoms with E-state index >= 15 is 0 Å². The number of rotatable bonds is 16. The number of amides is 1. The Balaban J connectivity index is 1.33. The van der Waals surface area contributed by atoms with E-state index < -0.39 is 15.9 Å². The van der Waals surface area contributed by atoms with E-state index in [4.69, 9.17) is 14.9 Å². The zero-order chi connectivity index (χ0) is 36.5. The summed E-state index contributed by atoms with van der Waals surface area (Å²) in [5, 5.41) is 2.83. The molecule has 0 saturated carbocycles. The van der Waals surface area contributed by atoms with E-state index in [1.165, 1.54) is 0 Å². The number of aryl methyl sites for hydroxylation is 1. The van der Waals surface area contributed by atoms with Gasteiger partial charge in [0.25, 0.3) is 15.6 Å². The number of oxazole rings is 1. The molecule has 0 saturated heterocycles. The zero-order valence-corrected chi connectivity index (χ0v) is 30.1. The van der Waals surface area contributed by atoms with Gasteiger partial charge in [-0.3, -0.25) is 9.35 Å². The monoisotopic (exact) mass is 721 g/mol. The first-order chi connectivity index (χ1) is 25.2. The molecule has 1 aromatic heterocycles. The smallest absolute Gasteiger partial charge is 0.374 e. The molecule has 0 aliphatic carbocycles. The fraction of sp³-hybridized carbons (Fsp3) is 0.268. The van der Waals surface area contributed by atoms with Gasteiger partial charge >= 0.3 is 5.89 Å². The number of aromatic nitrogens is 1. The summed E-state index contributed by atoms with van der Waals surface area (Å²) < 4.78 is 48.4. The number of unbranched alkanes of at least 4 members (excludes halogenated alkanes) is 2. The average Bonchev–Trinajstić information content (AvgIpc) is 3.68. The quantitative estimate of drug-likeness (QED) is 0.0557. The van der Waals surface area contributed by atoms with Crippen molar-refractivity contribution in [2.45, 2.75) is 45.6 Å². The van der Waals surface area contributed by atoms with E-state index in [1.54, 1.807) is 4.90 Å². The first-order valence-corrected chi connectivity index (χ1v) is 19.3. The van der Waals surface area contributed by atoms with Crippen molar-refractivity contribution in [2.75, 3.05) is 30.3 Å². The van der Waals surface area contributed by atoms with Crippen molar-refractivity contribution < 1.29 is 31.5 Å². The van der Waals surface area contributed by atoms with Crippen LogP contribution in [0.3, 0.4) is 0 Å². The summed E-state index contributed by atoms with van der Waals surface area (Å²) in [6, 6.07) is 32.2. The molecule has 2 heterocycles. The first-order valence-electron chi connectivity index (χ1n) is 17.7. The lowest BCUT2D eigenvalue weighted by Crippen LogP contribution is -2.35. The van der Waals surface area contributed by atoms with Gasteiger partial charge in [-0.2, -0.15) is 13.0 Å². The van der Waals surface area contributed by atoms with E-state index in [0.717, 1.165) is 63.9 Å². The molecule has 11 heteroatoms. The van der Waals surface area contributed by atoms with Crippen LogP contribution in [-0.4, -0.2) is 44.3 Å².